The van der Waals surface area contributed by atoms with Gasteiger partial charge in [0, 0.05) is 31.8 Å². The van der Waals surface area contributed by atoms with Crippen LogP contribution in [0.3, 0.4) is 0 Å². The Hall–Kier alpha value is -2.75. The Morgan fingerprint density at radius 3 is 2.54 bits per heavy atom. The number of carbonyl (C=O) groups excluding carboxylic acids is 1. The molecule has 0 saturated carbocycles. The van der Waals surface area contributed by atoms with E-state index < -0.39 is 0 Å². The molecular formula is C20H21NO3. The van der Waals surface area contributed by atoms with Crippen molar-refractivity contribution in [3.8, 4) is 5.75 Å². The van der Waals surface area contributed by atoms with Gasteiger partial charge >= 0.3 is 5.97 Å². The van der Waals surface area contributed by atoms with Crippen molar-refractivity contribution in [3.63, 3.8) is 0 Å². The van der Waals surface area contributed by atoms with E-state index in [-0.39, 0.29) is 12.1 Å². The molecule has 124 valence electrons. The van der Waals surface area contributed by atoms with Gasteiger partial charge in [-0.3, -0.25) is 0 Å². The van der Waals surface area contributed by atoms with Gasteiger partial charge in [0.1, 0.15) is 11.9 Å². The van der Waals surface area contributed by atoms with E-state index in [0.29, 0.717) is 12.0 Å². The van der Waals surface area contributed by atoms with Crippen LogP contribution in [0.15, 0.2) is 60.2 Å². The van der Waals surface area contributed by atoms with Crippen molar-refractivity contribution < 1.29 is 14.3 Å². The van der Waals surface area contributed by atoms with Crippen molar-refractivity contribution in [2.75, 3.05) is 26.1 Å². The smallest absolute Gasteiger partial charge is 0.335 e. The number of benzene rings is 2. The largest absolute Gasteiger partial charge is 0.497 e. The van der Waals surface area contributed by atoms with Crippen molar-refractivity contribution in [3.05, 3.63) is 71.3 Å². The molecule has 2 aromatic carbocycles. The fourth-order valence-corrected chi connectivity index (χ4v) is 2.73. The summed E-state index contributed by atoms with van der Waals surface area (Å²) >= 11 is 0. The number of hydrogen-bond donors (Lipinski definition) is 0. The molecule has 1 heterocycles. The second kappa shape index (κ2) is 6.79. The van der Waals surface area contributed by atoms with Crippen LogP contribution in [0.5, 0.6) is 5.75 Å². The number of anilines is 1. The maximum absolute atomic E-state index is 12.2. The number of nitrogens with zero attached hydrogens (tertiary/aromatic N) is 1. The highest BCUT2D eigenvalue weighted by atomic mass is 16.5. The third-order valence-corrected chi connectivity index (χ3v) is 4.11. The summed E-state index contributed by atoms with van der Waals surface area (Å²) in [6, 6.07) is 15.8. The number of cyclic esters (lactones) is 1. The molecule has 0 fully saturated rings. The van der Waals surface area contributed by atoms with Gasteiger partial charge < -0.3 is 14.4 Å². The monoisotopic (exact) mass is 323 g/mol. The summed E-state index contributed by atoms with van der Waals surface area (Å²) in [5, 5.41) is 0. The first-order valence-electron chi connectivity index (χ1n) is 7.88. The summed E-state index contributed by atoms with van der Waals surface area (Å²) in [5.74, 6) is 0.541. The Kier molecular flexibility index (Phi) is 4.56. The summed E-state index contributed by atoms with van der Waals surface area (Å²) in [4.78, 5) is 14.2. The number of hydrogen-bond acceptors (Lipinski definition) is 4. The second-order valence-electron chi connectivity index (χ2n) is 6.03. The molecule has 1 unspecified atom stereocenters. The van der Waals surface area contributed by atoms with Crippen molar-refractivity contribution >= 4 is 11.7 Å². The van der Waals surface area contributed by atoms with Gasteiger partial charge in [0.05, 0.1) is 7.11 Å². The van der Waals surface area contributed by atoms with Gasteiger partial charge in [-0.15, -0.1) is 0 Å². The van der Waals surface area contributed by atoms with Gasteiger partial charge in [0.2, 0.25) is 0 Å². The second-order valence-corrected chi connectivity index (χ2v) is 6.03. The molecule has 0 spiro atoms. The lowest BCUT2D eigenvalue weighted by atomic mass is 10.0. The quantitative estimate of drug-likeness (QED) is 0.789. The Labute approximate surface area is 142 Å². The van der Waals surface area contributed by atoms with Crippen LogP contribution in [0.4, 0.5) is 5.69 Å². The van der Waals surface area contributed by atoms with Crippen molar-refractivity contribution in [1.29, 1.82) is 0 Å². The molecule has 0 aromatic heterocycles. The highest BCUT2D eigenvalue weighted by Crippen LogP contribution is 2.30. The van der Waals surface area contributed by atoms with Gasteiger partial charge in [0.15, 0.2) is 0 Å². The number of ether oxygens (including phenoxy) is 2. The highest BCUT2D eigenvalue weighted by Gasteiger charge is 2.26. The van der Waals surface area contributed by atoms with E-state index in [4.69, 9.17) is 9.47 Å². The molecule has 24 heavy (non-hydrogen) atoms. The Morgan fingerprint density at radius 1 is 1.12 bits per heavy atom. The molecular weight excluding hydrogens is 302 g/mol. The number of methoxy groups -OCH3 is 1. The molecule has 0 N–H and O–H groups in total. The van der Waals surface area contributed by atoms with Gasteiger partial charge in [-0.2, -0.15) is 0 Å². The first-order valence-corrected chi connectivity index (χ1v) is 7.88. The van der Waals surface area contributed by atoms with Gasteiger partial charge in [-0.05, 0) is 41.5 Å². The fourth-order valence-electron chi connectivity index (χ4n) is 2.73. The molecule has 1 aliphatic rings. The van der Waals surface area contributed by atoms with Gasteiger partial charge in [0.25, 0.3) is 0 Å². The molecule has 1 atom stereocenters. The predicted molar refractivity (Wildman–Crippen MR) is 94.4 cm³/mol. The average Bonchev–Trinajstić information content (AvgIpc) is 2.96. The lowest BCUT2D eigenvalue weighted by molar-refractivity contribution is -0.139. The molecule has 0 aliphatic carbocycles. The zero-order valence-corrected chi connectivity index (χ0v) is 14.2. The maximum Gasteiger partial charge on any atom is 0.335 e. The van der Waals surface area contributed by atoms with Crippen molar-refractivity contribution in [1.82, 2.24) is 0 Å². The van der Waals surface area contributed by atoms with Crippen LogP contribution in [0.2, 0.25) is 0 Å². The predicted octanol–water partition coefficient (Wildman–Crippen LogP) is 3.53. The zero-order chi connectivity index (χ0) is 17.1. The normalized spacial score (nSPS) is 16.5. The first kappa shape index (κ1) is 16.1. The number of esters is 1. The van der Waals surface area contributed by atoms with E-state index in [9.17, 15) is 4.79 Å². The van der Waals surface area contributed by atoms with Crippen LogP contribution in [-0.2, 0) is 16.0 Å². The SMILES string of the molecule is COc1ccc(C2C=C(Cc3cccc(N(C)C)c3)C(=O)O2)cc1. The zero-order valence-electron chi connectivity index (χ0n) is 14.2. The van der Waals surface area contributed by atoms with Crippen LogP contribution in [-0.4, -0.2) is 27.2 Å². The molecule has 1 aliphatic heterocycles. The van der Waals surface area contributed by atoms with Crippen LogP contribution in [0.1, 0.15) is 17.2 Å². The minimum atomic E-state index is -0.324. The van der Waals surface area contributed by atoms with Crippen molar-refractivity contribution in [2.45, 2.75) is 12.5 Å². The van der Waals surface area contributed by atoms with E-state index in [1.165, 1.54) is 0 Å². The molecule has 0 amide bonds. The summed E-state index contributed by atoms with van der Waals surface area (Å²) < 4.78 is 10.7. The van der Waals surface area contributed by atoms with Crippen LogP contribution in [0.25, 0.3) is 0 Å². The molecule has 0 saturated heterocycles. The molecule has 3 rings (SSSR count). The van der Waals surface area contributed by atoms with Crippen LogP contribution >= 0.6 is 0 Å². The molecule has 0 bridgehead atoms. The lowest BCUT2D eigenvalue weighted by Gasteiger charge is -2.13. The van der Waals surface area contributed by atoms with Crippen LogP contribution in [0, 0.1) is 0 Å². The molecule has 4 heteroatoms. The third-order valence-electron chi connectivity index (χ3n) is 4.11. The number of rotatable bonds is 5. The van der Waals surface area contributed by atoms with E-state index in [0.717, 1.165) is 22.6 Å². The van der Waals surface area contributed by atoms with Crippen molar-refractivity contribution in [2.24, 2.45) is 0 Å². The number of carbonyl (C=O) groups is 1. The standard InChI is InChI=1S/C20H21NO3/c1-21(2)17-6-4-5-14(12-17)11-16-13-19(24-20(16)22)15-7-9-18(23-3)10-8-15/h4-10,12-13,19H,11H2,1-3H3. The van der Waals surface area contributed by atoms with E-state index in [2.05, 4.69) is 6.07 Å². The van der Waals surface area contributed by atoms with E-state index in [1.54, 1.807) is 7.11 Å². The fraction of sp³-hybridized carbons (Fsp3) is 0.250. The summed E-state index contributed by atoms with van der Waals surface area (Å²) in [6.07, 6.45) is 2.16. The van der Waals surface area contributed by atoms with E-state index in [1.807, 2.05) is 67.5 Å². The Balaban J connectivity index is 1.78. The Bertz CT molecular complexity index is 763. The summed E-state index contributed by atoms with van der Waals surface area (Å²) in [5.41, 5.74) is 3.86. The molecule has 4 nitrogen and oxygen atoms in total. The third kappa shape index (κ3) is 3.43. The molecule has 2 aromatic rings. The summed E-state index contributed by atoms with van der Waals surface area (Å²) in [6.45, 7) is 0. The summed E-state index contributed by atoms with van der Waals surface area (Å²) in [7, 11) is 5.63. The minimum absolute atomic E-state index is 0.244. The lowest BCUT2D eigenvalue weighted by Crippen LogP contribution is -2.09. The van der Waals surface area contributed by atoms with Crippen LogP contribution < -0.4 is 9.64 Å². The van der Waals surface area contributed by atoms with Gasteiger partial charge in [-0.25, -0.2) is 4.79 Å². The highest BCUT2D eigenvalue weighted by molar-refractivity contribution is 5.91. The van der Waals surface area contributed by atoms with E-state index >= 15 is 0 Å². The maximum atomic E-state index is 12.2. The van der Waals surface area contributed by atoms with Gasteiger partial charge in [-0.1, -0.05) is 24.3 Å². The Morgan fingerprint density at radius 2 is 1.88 bits per heavy atom. The first-order chi connectivity index (χ1) is 11.6. The topological polar surface area (TPSA) is 38.8 Å². The molecule has 0 radical (unpaired) electrons. The average molecular weight is 323 g/mol. The minimum Gasteiger partial charge on any atom is -0.497 e.